The van der Waals surface area contributed by atoms with Crippen molar-refractivity contribution < 1.29 is 13.7 Å². The van der Waals surface area contributed by atoms with E-state index in [9.17, 15) is 4.21 Å². The fourth-order valence-corrected chi connectivity index (χ4v) is 6.45. The van der Waals surface area contributed by atoms with E-state index in [-0.39, 0.29) is 11.2 Å². The lowest BCUT2D eigenvalue weighted by atomic mass is 10.0. The van der Waals surface area contributed by atoms with Crippen molar-refractivity contribution >= 4 is 37.8 Å². The predicted molar refractivity (Wildman–Crippen MR) is 122 cm³/mol. The molecule has 0 spiro atoms. The lowest BCUT2D eigenvalue weighted by Crippen LogP contribution is -2.36. The van der Waals surface area contributed by atoms with Gasteiger partial charge in [0.2, 0.25) is 0 Å². The minimum Gasteiger partial charge on any atom is -0.495 e. The molecule has 3 heterocycles. The number of rotatable bonds is 5. The van der Waals surface area contributed by atoms with Crippen LogP contribution in [0.4, 0.5) is 11.5 Å². The number of hydrogen-bond acceptors (Lipinski definition) is 6. The number of methoxy groups -OCH3 is 1. The Morgan fingerprint density at radius 2 is 2.17 bits per heavy atom. The largest absolute Gasteiger partial charge is 0.495 e. The van der Waals surface area contributed by atoms with Crippen molar-refractivity contribution in [1.29, 1.82) is 0 Å². The summed E-state index contributed by atoms with van der Waals surface area (Å²) in [4.78, 5) is 5.12. The van der Waals surface area contributed by atoms with Gasteiger partial charge in [0.25, 0.3) is 0 Å². The highest BCUT2D eigenvalue weighted by Crippen LogP contribution is 2.37. The molecule has 1 unspecified atom stereocenters. The molecule has 3 aromatic rings. The van der Waals surface area contributed by atoms with Crippen LogP contribution in [0.2, 0.25) is 0 Å². The van der Waals surface area contributed by atoms with Gasteiger partial charge < -0.3 is 14.8 Å². The molecule has 160 valence electrons. The number of aromatic amines is 1. The summed E-state index contributed by atoms with van der Waals surface area (Å²) in [5.74, 6) is 5.66. The van der Waals surface area contributed by atoms with Gasteiger partial charge in [0.15, 0.2) is 5.82 Å². The van der Waals surface area contributed by atoms with Crippen molar-refractivity contribution in [2.45, 2.75) is 37.3 Å². The number of fused-ring (bicyclic) bond motifs is 1. The summed E-state index contributed by atoms with van der Waals surface area (Å²) in [5.41, 5.74) is 3.65. The van der Waals surface area contributed by atoms with E-state index >= 15 is 0 Å². The summed E-state index contributed by atoms with van der Waals surface area (Å²) in [6.07, 6.45) is 2.45. The smallest absolute Gasteiger partial charge is 0.155 e. The standard InChI is InChI=1S/C22H28N4O3S/c1-13-12-29-9-7-20(13)30(5,27)21-10-16-17(24-22-14(2)15(3)25-26-22)6-8-23-18(16)11-19(21)28-4/h6,8,10-11,13,20H,5,7,9,12H2,1-4H3,(H2,23,24,25,26)/t13-,20-,30?/m1/s1. The van der Waals surface area contributed by atoms with Gasteiger partial charge in [0.1, 0.15) is 5.75 Å². The Kier molecular flexibility index (Phi) is 5.46. The van der Waals surface area contributed by atoms with Crippen molar-refractivity contribution in [2.24, 2.45) is 5.92 Å². The highest BCUT2D eigenvalue weighted by molar-refractivity contribution is 8.01. The molecule has 0 bridgehead atoms. The number of pyridine rings is 1. The molecule has 3 atom stereocenters. The molecule has 0 saturated carbocycles. The van der Waals surface area contributed by atoms with Crippen LogP contribution in [0, 0.1) is 19.8 Å². The molecular weight excluding hydrogens is 400 g/mol. The Hall–Kier alpha value is -2.58. The maximum Gasteiger partial charge on any atom is 0.155 e. The summed E-state index contributed by atoms with van der Waals surface area (Å²) in [6, 6.07) is 5.65. The Bertz CT molecular complexity index is 1190. The van der Waals surface area contributed by atoms with E-state index in [0.29, 0.717) is 30.3 Å². The molecule has 0 aliphatic carbocycles. The van der Waals surface area contributed by atoms with E-state index in [4.69, 9.17) is 9.47 Å². The molecule has 2 N–H and O–H groups in total. The zero-order valence-electron chi connectivity index (χ0n) is 17.8. The van der Waals surface area contributed by atoms with E-state index in [2.05, 4.69) is 33.3 Å². The molecule has 1 saturated heterocycles. The fourth-order valence-electron chi connectivity index (χ4n) is 4.02. The van der Waals surface area contributed by atoms with Gasteiger partial charge in [-0.25, -0.2) is 0 Å². The Morgan fingerprint density at radius 1 is 1.37 bits per heavy atom. The number of aromatic nitrogens is 3. The van der Waals surface area contributed by atoms with Crippen LogP contribution in [-0.4, -0.2) is 50.8 Å². The minimum atomic E-state index is -2.62. The van der Waals surface area contributed by atoms with Crippen molar-refractivity contribution in [1.82, 2.24) is 15.2 Å². The number of ether oxygens (including phenoxy) is 2. The number of nitrogens with zero attached hydrogens (tertiary/aromatic N) is 2. The second kappa shape index (κ2) is 7.92. The Labute approximate surface area is 177 Å². The second-order valence-electron chi connectivity index (χ2n) is 7.93. The summed E-state index contributed by atoms with van der Waals surface area (Å²) in [7, 11) is -1.03. The predicted octanol–water partition coefficient (Wildman–Crippen LogP) is 3.83. The zero-order chi connectivity index (χ0) is 21.5. The van der Waals surface area contributed by atoms with E-state index in [1.807, 2.05) is 32.0 Å². The van der Waals surface area contributed by atoms with Gasteiger partial charge in [-0.2, -0.15) is 5.10 Å². The number of aryl methyl sites for hydroxylation is 1. The van der Waals surface area contributed by atoms with Crippen molar-refractivity contribution in [3.8, 4) is 5.75 Å². The number of anilines is 2. The molecule has 0 radical (unpaired) electrons. The first-order chi connectivity index (χ1) is 14.3. The molecule has 0 amide bonds. The van der Waals surface area contributed by atoms with Crippen LogP contribution in [-0.2, 0) is 14.3 Å². The van der Waals surface area contributed by atoms with Crippen LogP contribution in [0.3, 0.4) is 0 Å². The highest BCUT2D eigenvalue weighted by Gasteiger charge is 2.32. The first kappa shape index (κ1) is 20.7. The van der Waals surface area contributed by atoms with E-state index < -0.39 is 9.52 Å². The topological polar surface area (TPSA) is 89.1 Å². The van der Waals surface area contributed by atoms with Crippen molar-refractivity contribution in [3.63, 3.8) is 0 Å². The van der Waals surface area contributed by atoms with Gasteiger partial charge in [-0.15, -0.1) is 0 Å². The van der Waals surface area contributed by atoms with Crippen molar-refractivity contribution in [3.05, 3.63) is 35.7 Å². The van der Waals surface area contributed by atoms with Gasteiger partial charge in [-0.1, -0.05) is 6.92 Å². The third-order valence-corrected chi connectivity index (χ3v) is 8.70. The fraction of sp³-hybridized carbons (Fsp3) is 0.409. The molecule has 4 rings (SSSR count). The number of nitrogens with one attached hydrogen (secondary N) is 2. The third-order valence-electron chi connectivity index (χ3n) is 5.96. The molecule has 1 aromatic carbocycles. The van der Waals surface area contributed by atoms with Gasteiger partial charge in [-0.3, -0.25) is 14.3 Å². The van der Waals surface area contributed by atoms with E-state index in [1.54, 1.807) is 13.3 Å². The van der Waals surface area contributed by atoms with Gasteiger partial charge in [0, 0.05) is 50.3 Å². The summed E-state index contributed by atoms with van der Waals surface area (Å²) >= 11 is 0. The normalized spacial score (nSPS) is 21.3. The zero-order valence-corrected chi connectivity index (χ0v) is 18.6. The maximum absolute atomic E-state index is 14.0. The quantitative estimate of drug-likeness (QED) is 0.601. The molecule has 8 heteroatoms. The van der Waals surface area contributed by atoms with Crippen LogP contribution in [0.25, 0.3) is 10.9 Å². The number of H-pyrrole nitrogens is 1. The highest BCUT2D eigenvalue weighted by atomic mass is 32.2. The average Bonchev–Trinajstić information content (AvgIpc) is 3.05. The second-order valence-corrected chi connectivity index (χ2v) is 10.4. The van der Waals surface area contributed by atoms with Crippen LogP contribution >= 0.6 is 0 Å². The maximum atomic E-state index is 14.0. The molecule has 2 aromatic heterocycles. The first-order valence-corrected chi connectivity index (χ1v) is 11.8. The summed E-state index contributed by atoms with van der Waals surface area (Å²) in [5, 5.41) is 11.5. The van der Waals surface area contributed by atoms with Crippen LogP contribution < -0.4 is 10.1 Å². The first-order valence-electron chi connectivity index (χ1n) is 10.0. The van der Waals surface area contributed by atoms with Gasteiger partial charge in [-0.05, 0) is 44.2 Å². The van der Waals surface area contributed by atoms with E-state index in [0.717, 1.165) is 33.7 Å². The summed E-state index contributed by atoms with van der Waals surface area (Å²) in [6.45, 7) is 7.25. The average molecular weight is 429 g/mol. The number of benzene rings is 1. The van der Waals surface area contributed by atoms with Crippen LogP contribution in [0.5, 0.6) is 5.75 Å². The molecule has 1 aliphatic rings. The lowest BCUT2D eigenvalue weighted by Gasteiger charge is -2.32. The van der Waals surface area contributed by atoms with Crippen LogP contribution in [0.15, 0.2) is 29.3 Å². The van der Waals surface area contributed by atoms with Crippen LogP contribution in [0.1, 0.15) is 24.6 Å². The molecular formula is C22H28N4O3S. The van der Waals surface area contributed by atoms with Crippen molar-refractivity contribution in [2.75, 3.05) is 25.6 Å². The SMILES string of the molecule is C=S(=O)(c1cc2c(Nc3n[nH]c(C)c3C)ccnc2cc1OC)[C@@H]1CCOC[C@H]1C. The summed E-state index contributed by atoms with van der Waals surface area (Å²) < 4.78 is 25.2. The molecule has 7 nitrogen and oxygen atoms in total. The lowest BCUT2D eigenvalue weighted by molar-refractivity contribution is 0.0645. The van der Waals surface area contributed by atoms with Gasteiger partial charge >= 0.3 is 0 Å². The monoisotopic (exact) mass is 428 g/mol. The molecule has 30 heavy (non-hydrogen) atoms. The minimum absolute atomic E-state index is 0.0677. The van der Waals surface area contributed by atoms with E-state index in [1.165, 1.54) is 0 Å². The van der Waals surface area contributed by atoms with Gasteiger partial charge in [0.05, 0.1) is 29.8 Å². The Morgan fingerprint density at radius 3 is 2.83 bits per heavy atom. The molecule has 1 aliphatic heterocycles. The third kappa shape index (κ3) is 3.54. The molecule has 1 fully saturated rings. The Balaban J connectivity index is 1.85. The number of hydrogen-bond donors (Lipinski definition) is 2.